The number of piperidine rings is 1. The van der Waals surface area contributed by atoms with Gasteiger partial charge in [0.05, 0.1) is 18.0 Å². The molecule has 3 rings (SSSR count). The lowest BCUT2D eigenvalue weighted by molar-refractivity contribution is -0.145. The Hall–Kier alpha value is -1.92. The SMILES string of the molecule is O=C(O)[C@@H]1CCCN(C(=O)Cc2csc(-c3cccc(Cl)c3)n2)C1. The van der Waals surface area contributed by atoms with Crippen LogP contribution in [0.1, 0.15) is 18.5 Å². The first kappa shape index (κ1) is 16.9. The Bertz CT molecular complexity index is 762. The van der Waals surface area contributed by atoms with E-state index in [1.165, 1.54) is 11.3 Å². The molecule has 2 heterocycles. The second-order valence-electron chi connectivity index (χ2n) is 5.85. The number of aromatic nitrogens is 1. The molecule has 1 amide bonds. The maximum absolute atomic E-state index is 12.4. The second kappa shape index (κ2) is 7.32. The quantitative estimate of drug-likeness (QED) is 0.903. The van der Waals surface area contributed by atoms with Crippen LogP contribution in [0.5, 0.6) is 0 Å². The van der Waals surface area contributed by atoms with Crippen LogP contribution in [-0.2, 0) is 16.0 Å². The first-order valence-electron chi connectivity index (χ1n) is 7.74. The van der Waals surface area contributed by atoms with E-state index in [9.17, 15) is 9.59 Å². The fraction of sp³-hybridized carbons (Fsp3) is 0.353. The normalized spacial score (nSPS) is 17.7. The summed E-state index contributed by atoms with van der Waals surface area (Å²) in [6.07, 6.45) is 1.56. The van der Waals surface area contributed by atoms with Crippen LogP contribution in [0.4, 0.5) is 0 Å². The molecule has 0 unspecified atom stereocenters. The summed E-state index contributed by atoms with van der Waals surface area (Å²) in [6, 6.07) is 7.44. The number of carbonyl (C=O) groups is 2. The summed E-state index contributed by atoms with van der Waals surface area (Å²) in [5.41, 5.74) is 1.63. The van der Waals surface area contributed by atoms with Gasteiger partial charge in [-0.25, -0.2) is 4.98 Å². The third-order valence-electron chi connectivity index (χ3n) is 4.08. The molecule has 1 fully saturated rings. The first-order chi connectivity index (χ1) is 11.5. The molecule has 1 saturated heterocycles. The first-order valence-corrected chi connectivity index (χ1v) is 8.99. The lowest BCUT2D eigenvalue weighted by Gasteiger charge is -2.30. The van der Waals surface area contributed by atoms with E-state index < -0.39 is 11.9 Å². The van der Waals surface area contributed by atoms with Crippen molar-refractivity contribution in [1.29, 1.82) is 0 Å². The van der Waals surface area contributed by atoms with Gasteiger partial charge in [0.1, 0.15) is 5.01 Å². The number of carboxylic acid groups (broad SMARTS) is 1. The molecule has 1 aliphatic rings. The molecule has 1 aliphatic heterocycles. The summed E-state index contributed by atoms with van der Waals surface area (Å²) in [5.74, 6) is -1.35. The Morgan fingerprint density at radius 2 is 2.25 bits per heavy atom. The van der Waals surface area contributed by atoms with E-state index in [-0.39, 0.29) is 12.3 Å². The highest BCUT2D eigenvalue weighted by Gasteiger charge is 2.28. The summed E-state index contributed by atoms with van der Waals surface area (Å²) < 4.78 is 0. The van der Waals surface area contributed by atoms with Crippen LogP contribution in [0.15, 0.2) is 29.6 Å². The van der Waals surface area contributed by atoms with E-state index in [0.717, 1.165) is 17.0 Å². The molecule has 0 bridgehead atoms. The van der Waals surface area contributed by atoms with E-state index >= 15 is 0 Å². The zero-order valence-corrected chi connectivity index (χ0v) is 14.5. The van der Waals surface area contributed by atoms with Crippen LogP contribution in [0.2, 0.25) is 5.02 Å². The summed E-state index contributed by atoms with van der Waals surface area (Å²) in [5, 5.41) is 12.5. The highest BCUT2D eigenvalue weighted by molar-refractivity contribution is 7.13. The van der Waals surface area contributed by atoms with Crippen LogP contribution in [0, 0.1) is 5.92 Å². The van der Waals surface area contributed by atoms with E-state index in [2.05, 4.69) is 4.98 Å². The molecular weight excluding hydrogens is 348 g/mol. The van der Waals surface area contributed by atoms with Gasteiger partial charge < -0.3 is 10.0 Å². The molecule has 1 aromatic heterocycles. The van der Waals surface area contributed by atoms with Crippen LogP contribution in [-0.4, -0.2) is 40.0 Å². The van der Waals surface area contributed by atoms with Crippen molar-refractivity contribution in [2.24, 2.45) is 5.92 Å². The molecule has 1 N–H and O–H groups in total. The summed E-state index contributed by atoms with van der Waals surface area (Å²) in [4.78, 5) is 29.7. The molecule has 0 aliphatic carbocycles. The number of likely N-dealkylation sites (tertiary alicyclic amines) is 1. The Labute approximate surface area is 148 Å². The van der Waals surface area contributed by atoms with E-state index in [0.29, 0.717) is 30.2 Å². The monoisotopic (exact) mass is 364 g/mol. The smallest absolute Gasteiger partial charge is 0.308 e. The number of rotatable bonds is 4. The van der Waals surface area contributed by atoms with Crippen molar-refractivity contribution in [3.8, 4) is 10.6 Å². The number of hydrogen-bond donors (Lipinski definition) is 1. The average Bonchev–Trinajstić information content (AvgIpc) is 3.03. The van der Waals surface area contributed by atoms with Crippen molar-refractivity contribution in [2.45, 2.75) is 19.3 Å². The second-order valence-corrected chi connectivity index (χ2v) is 7.14. The number of halogens is 1. The van der Waals surface area contributed by atoms with Crippen molar-refractivity contribution in [3.63, 3.8) is 0 Å². The fourth-order valence-corrected chi connectivity index (χ4v) is 3.82. The molecule has 0 radical (unpaired) electrons. The highest BCUT2D eigenvalue weighted by Crippen LogP contribution is 2.26. The van der Waals surface area contributed by atoms with Gasteiger partial charge in [-0.15, -0.1) is 11.3 Å². The topological polar surface area (TPSA) is 70.5 Å². The van der Waals surface area contributed by atoms with Gasteiger partial charge in [-0.2, -0.15) is 0 Å². The highest BCUT2D eigenvalue weighted by atomic mass is 35.5. The Morgan fingerprint density at radius 1 is 1.42 bits per heavy atom. The molecule has 7 heteroatoms. The molecule has 0 saturated carbocycles. The lowest BCUT2D eigenvalue weighted by atomic mass is 9.98. The number of nitrogens with zero attached hydrogens (tertiary/aromatic N) is 2. The maximum Gasteiger partial charge on any atom is 0.308 e. The average molecular weight is 365 g/mol. The van der Waals surface area contributed by atoms with Crippen LogP contribution < -0.4 is 0 Å². The lowest BCUT2D eigenvalue weighted by Crippen LogP contribution is -2.43. The summed E-state index contributed by atoms with van der Waals surface area (Å²) in [7, 11) is 0. The van der Waals surface area contributed by atoms with Crippen molar-refractivity contribution < 1.29 is 14.7 Å². The third kappa shape index (κ3) is 3.94. The number of thiazole rings is 1. The molecule has 24 heavy (non-hydrogen) atoms. The van der Waals surface area contributed by atoms with Crippen molar-refractivity contribution in [1.82, 2.24) is 9.88 Å². The molecule has 126 valence electrons. The van der Waals surface area contributed by atoms with Gasteiger partial charge in [0.25, 0.3) is 0 Å². The molecular formula is C17H17ClN2O3S. The third-order valence-corrected chi connectivity index (χ3v) is 5.25. The van der Waals surface area contributed by atoms with Gasteiger partial charge in [-0.3, -0.25) is 9.59 Å². The molecule has 0 spiro atoms. The number of benzene rings is 1. The zero-order chi connectivity index (χ0) is 17.1. The van der Waals surface area contributed by atoms with Crippen LogP contribution >= 0.6 is 22.9 Å². The molecule has 1 atom stereocenters. The Kier molecular flexibility index (Phi) is 5.16. The van der Waals surface area contributed by atoms with Crippen molar-refractivity contribution in [3.05, 3.63) is 40.4 Å². The van der Waals surface area contributed by atoms with Gasteiger partial charge in [0, 0.05) is 29.1 Å². The van der Waals surface area contributed by atoms with E-state index in [1.807, 2.05) is 23.6 Å². The summed E-state index contributed by atoms with van der Waals surface area (Å²) in [6.45, 7) is 0.910. The molecule has 2 aromatic rings. The number of amides is 1. The standard InChI is InChI=1S/C17H17ClN2O3S/c18-13-5-1-3-11(7-13)16-19-14(10-24-16)8-15(21)20-6-2-4-12(9-20)17(22)23/h1,3,5,7,10,12H,2,4,6,8-9H2,(H,22,23)/t12-/m1/s1. The predicted octanol–water partition coefficient (Wildman–Crippen LogP) is 3.33. The molecule has 1 aromatic carbocycles. The fourth-order valence-electron chi connectivity index (χ4n) is 2.81. The summed E-state index contributed by atoms with van der Waals surface area (Å²) >= 11 is 7.47. The van der Waals surface area contributed by atoms with Gasteiger partial charge in [0.15, 0.2) is 0 Å². The number of carboxylic acids is 1. The molecule has 5 nitrogen and oxygen atoms in total. The minimum absolute atomic E-state index is 0.0658. The van der Waals surface area contributed by atoms with Crippen molar-refractivity contribution in [2.75, 3.05) is 13.1 Å². The Balaban J connectivity index is 1.66. The van der Waals surface area contributed by atoms with Crippen LogP contribution in [0.25, 0.3) is 10.6 Å². The minimum atomic E-state index is -0.829. The van der Waals surface area contributed by atoms with Crippen molar-refractivity contribution >= 4 is 34.8 Å². The van der Waals surface area contributed by atoms with Crippen LogP contribution in [0.3, 0.4) is 0 Å². The maximum atomic E-state index is 12.4. The van der Waals surface area contributed by atoms with E-state index in [1.54, 1.807) is 11.0 Å². The number of carbonyl (C=O) groups excluding carboxylic acids is 1. The predicted molar refractivity (Wildman–Crippen MR) is 93.2 cm³/mol. The number of aliphatic carboxylic acids is 1. The minimum Gasteiger partial charge on any atom is -0.481 e. The zero-order valence-electron chi connectivity index (χ0n) is 12.9. The Morgan fingerprint density at radius 3 is 3.00 bits per heavy atom. The number of hydrogen-bond acceptors (Lipinski definition) is 4. The van der Waals surface area contributed by atoms with Gasteiger partial charge in [0.2, 0.25) is 5.91 Å². The van der Waals surface area contributed by atoms with E-state index in [4.69, 9.17) is 16.7 Å². The van der Waals surface area contributed by atoms with Gasteiger partial charge in [-0.05, 0) is 25.0 Å². The largest absolute Gasteiger partial charge is 0.481 e. The van der Waals surface area contributed by atoms with Gasteiger partial charge in [-0.1, -0.05) is 23.7 Å². The van der Waals surface area contributed by atoms with Gasteiger partial charge >= 0.3 is 5.97 Å².